The second kappa shape index (κ2) is 9.02. The molecule has 3 rings (SSSR count). The van der Waals surface area contributed by atoms with Gasteiger partial charge in [0.2, 0.25) is 10.0 Å². The fourth-order valence-corrected chi connectivity index (χ4v) is 4.35. The number of hydrogen-bond acceptors (Lipinski definition) is 6. The zero-order valence-corrected chi connectivity index (χ0v) is 17.7. The van der Waals surface area contributed by atoms with Crippen LogP contribution in [0, 0.1) is 12.8 Å². The van der Waals surface area contributed by atoms with Gasteiger partial charge in [0.1, 0.15) is 12.4 Å². The number of carbonyl (C=O) groups excluding carboxylic acids is 1. The Balaban J connectivity index is 1.60. The highest BCUT2D eigenvalue weighted by Gasteiger charge is 2.25. The number of ether oxygens (including phenoxy) is 1. The standard InChI is InChI=1S/C19H25N3O4S2/c1-14-21-17(13-27-14)12-26-18-7-3-6-16(9-18)19(23)22-8-4-5-15(11-22)10-20-28(2,24)25/h3,6-7,9,13,15,20H,4-5,8,10-12H2,1-2H3/t15-/m1/s1. The summed E-state index contributed by atoms with van der Waals surface area (Å²) in [5.74, 6) is 0.697. The molecule has 0 saturated carbocycles. The number of benzene rings is 1. The van der Waals surface area contributed by atoms with Crippen molar-refractivity contribution in [2.75, 3.05) is 25.9 Å². The van der Waals surface area contributed by atoms with Crippen molar-refractivity contribution in [3.05, 3.63) is 45.9 Å². The first-order chi connectivity index (χ1) is 13.3. The Morgan fingerprint density at radius 2 is 2.25 bits per heavy atom. The highest BCUT2D eigenvalue weighted by atomic mass is 32.2. The third-order valence-corrected chi connectivity index (χ3v) is 6.09. The monoisotopic (exact) mass is 423 g/mol. The fraction of sp³-hybridized carbons (Fsp3) is 0.474. The van der Waals surface area contributed by atoms with Crippen LogP contribution in [-0.4, -0.2) is 50.1 Å². The molecule has 1 aromatic carbocycles. The van der Waals surface area contributed by atoms with Crippen molar-refractivity contribution in [3.8, 4) is 5.75 Å². The molecule has 1 aromatic heterocycles. The number of nitrogens with one attached hydrogen (secondary N) is 1. The number of nitrogens with zero attached hydrogens (tertiary/aromatic N) is 2. The van der Waals surface area contributed by atoms with Crippen molar-refractivity contribution >= 4 is 27.3 Å². The van der Waals surface area contributed by atoms with Crippen LogP contribution in [0.15, 0.2) is 29.6 Å². The molecule has 0 bridgehead atoms. The van der Waals surface area contributed by atoms with E-state index in [1.54, 1.807) is 28.4 Å². The molecule has 2 aromatic rings. The molecule has 2 heterocycles. The zero-order chi connectivity index (χ0) is 20.1. The molecule has 0 spiro atoms. The van der Waals surface area contributed by atoms with Gasteiger partial charge in [-0.05, 0) is 43.9 Å². The Kier molecular flexibility index (Phi) is 6.69. The minimum Gasteiger partial charge on any atom is -0.487 e. The maximum absolute atomic E-state index is 12.9. The molecule has 1 saturated heterocycles. The summed E-state index contributed by atoms with van der Waals surface area (Å²) in [6.07, 6.45) is 2.92. The van der Waals surface area contributed by atoms with Crippen LogP contribution in [0.25, 0.3) is 0 Å². The van der Waals surface area contributed by atoms with E-state index in [4.69, 9.17) is 4.74 Å². The number of rotatable bonds is 7. The molecule has 7 nitrogen and oxygen atoms in total. The van der Waals surface area contributed by atoms with Crippen LogP contribution in [0.2, 0.25) is 0 Å². The van der Waals surface area contributed by atoms with Crippen LogP contribution in [0.1, 0.15) is 33.9 Å². The van der Waals surface area contributed by atoms with Gasteiger partial charge in [0.15, 0.2) is 0 Å². The maximum Gasteiger partial charge on any atom is 0.253 e. The highest BCUT2D eigenvalue weighted by molar-refractivity contribution is 7.88. The van der Waals surface area contributed by atoms with E-state index in [-0.39, 0.29) is 11.8 Å². The number of hydrogen-bond donors (Lipinski definition) is 1. The largest absolute Gasteiger partial charge is 0.487 e. The quantitative estimate of drug-likeness (QED) is 0.739. The lowest BCUT2D eigenvalue weighted by Crippen LogP contribution is -2.43. The highest BCUT2D eigenvalue weighted by Crippen LogP contribution is 2.21. The molecule has 1 N–H and O–H groups in total. The molecular weight excluding hydrogens is 398 g/mol. The average Bonchev–Trinajstić information content (AvgIpc) is 3.09. The summed E-state index contributed by atoms with van der Waals surface area (Å²) >= 11 is 1.58. The first-order valence-corrected chi connectivity index (χ1v) is 11.9. The lowest BCUT2D eigenvalue weighted by Gasteiger charge is -2.33. The minimum atomic E-state index is -3.22. The van der Waals surface area contributed by atoms with Crippen molar-refractivity contribution in [1.82, 2.24) is 14.6 Å². The first-order valence-electron chi connectivity index (χ1n) is 9.18. The van der Waals surface area contributed by atoms with Gasteiger partial charge in [-0.1, -0.05) is 6.07 Å². The molecule has 1 atom stereocenters. The van der Waals surface area contributed by atoms with Crippen molar-refractivity contribution in [2.45, 2.75) is 26.4 Å². The molecule has 0 radical (unpaired) electrons. The van der Waals surface area contributed by atoms with Crippen LogP contribution < -0.4 is 9.46 Å². The molecule has 1 fully saturated rings. The van der Waals surface area contributed by atoms with Crippen LogP contribution in [0.3, 0.4) is 0 Å². The second-order valence-electron chi connectivity index (χ2n) is 7.05. The number of sulfonamides is 1. The van der Waals surface area contributed by atoms with Crippen LogP contribution in [-0.2, 0) is 16.6 Å². The number of aromatic nitrogens is 1. The fourth-order valence-electron chi connectivity index (χ4n) is 3.22. The van der Waals surface area contributed by atoms with E-state index < -0.39 is 10.0 Å². The van der Waals surface area contributed by atoms with E-state index in [2.05, 4.69) is 9.71 Å². The van der Waals surface area contributed by atoms with Crippen molar-refractivity contribution in [3.63, 3.8) is 0 Å². The van der Waals surface area contributed by atoms with Crippen molar-refractivity contribution < 1.29 is 17.9 Å². The molecule has 1 aliphatic rings. The smallest absolute Gasteiger partial charge is 0.253 e. The molecule has 1 aliphatic heterocycles. The summed E-state index contributed by atoms with van der Waals surface area (Å²) in [6.45, 7) is 3.90. The summed E-state index contributed by atoms with van der Waals surface area (Å²) in [7, 11) is -3.22. The number of likely N-dealkylation sites (tertiary alicyclic amines) is 1. The molecular formula is C19H25N3O4S2. The predicted octanol–water partition coefficient (Wildman–Crippen LogP) is 2.43. The second-order valence-corrected chi connectivity index (χ2v) is 9.95. The number of piperidine rings is 1. The minimum absolute atomic E-state index is 0.0565. The molecule has 152 valence electrons. The summed E-state index contributed by atoms with van der Waals surface area (Å²) in [6, 6.07) is 7.16. The van der Waals surface area contributed by atoms with E-state index in [0.717, 1.165) is 29.8 Å². The summed E-state index contributed by atoms with van der Waals surface area (Å²) in [5.41, 5.74) is 1.44. The number of carbonyl (C=O) groups is 1. The van der Waals surface area contributed by atoms with Gasteiger partial charge in [-0.15, -0.1) is 11.3 Å². The van der Waals surface area contributed by atoms with E-state index in [1.807, 2.05) is 24.4 Å². The van der Waals surface area contributed by atoms with Crippen molar-refractivity contribution in [2.24, 2.45) is 5.92 Å². The van der Waals surface area contributed by atoms with Crippen LogP contribution in [0.4, 0.5) is 0 Å². The van der Waals surface area contributed by atoms with Crippen LogP contribution >= 0.6 is 11.3 Å². The Bertz CT molecular complexity index is 927. The Labute approximate surface area is 169 Å². The Morgan fingerprint density at radius 3 is 2.96 bits per heavy atom. The van der Waals surface area contributed by atoms with E-state index in [9.17, 15) is 13.2 Å². The number of aryl methyl sites for hydroxylation is 1. The topological polar surface area (TPSA) is 88.6 Å². The Hall–Kier alpha value is -1.97. The van der Waals surface area contributed by atoms with Gasteiger partial charge in [0.05, 0.1) is 17.0 Å². The maximum atomic E-state index is 12.9. The lowest BCUT2D eigenvalue weighted by molar-refractivity contribution is 0.0676. The van der Waals surface area contributed by atoms with E-state index in [1.165, 1.54) is 0 Å². The van der Waals surface area contributed by atoms with Gasteiger partial charge < -0.3 is 9.64 Å². The average molecular weight is 424 g/mol. The van der Waals surface area contributed by atoms with Gasteiger partial charge in [0.25, 0.3) is 5.91 Å². The number of amides is 1. The SMILES string of the molecule is Cc1nc(COc2cccc(C(=O)N3CCC[C@H](CNS(C)(=O)=O)C3)c2)cs1. The lowest BCUT2D eigenvalue weighted by atomic mass is 9.97. The molecule has 9 heteroatoms. The molecule has 0 aliphatic carbocycles. The number of thiazole rings is 1. The zero-order valence-electron chi connectivity index (χ0n) is 16.1. The predicted molar refractivity (Wildman–Crippen MR) is 109 cm³/mol. The molecule has 0 unspecified atom stereocenters. The normalized spacial score (nSPS) is 17.5. The van der Waals surface area contributed by atoms with Crippen molar-refractivity contribution in [1.29, 1.82) is 0 Å². The molecule has 1 amide bonds. The van der Waals surface area contributed by atoms with Gasteiger partial charge in [-0.25, -0.2) is 18.1 Å². The van der Waals surface area contributed by atoms with Gasteiger partial charge in [-0.2, -0.15) is 0 Å². The van der Waals surface area contributed by atoms with E-state index >= 15 is 0 Å². The molecule has 28 heavy (non-hydrogen) atoms. The van der Waals surface area contributed by atoms with E-state index in [0.29, 0.717) is 37.6 Å². The first kappa shape index (κ1) is 20.8. The third kappa shape index (κ3) is 6.02. The van der Waals surface area contributed by atoms with Gasteiger partial charge >= 0.3 is 0 Å². The summed E-state index contributed by atoms with van der Waals surface area (Å²) in [4.78, 5) is 19.1. The Morgan fingerprint density at radius 1 is 1.43 bits per heavy atom. The summed E-state index contributed by atoms with van der Waals surface area (Å²) < 4.78 is 30.9. The van der Waals surface area contributed by atoms with Crippen LogP contribution in [0.5, 0.6) is 5.75 Å². The third-order valence-electron chi connectivity index (χ3n) is 4.57. The van der Waals surface area contributed by atoms with Gasteiger partial charge in [0, 0.05) is 30.6 Å². The van der Waals surface area contributed by atoms with Gasteiger partial charge in [-0.3, -0.25) is 4.79 Å². The summed E-state index contributed by atoms with van der Waals surface area (Å²) in [5, 5.41) is 2.95.